The van der Waals surface area contributed by atoms with Crippen LogP contribution >= 0.6 is 0 Å². The SMILES string of the molecule is CNCc1ccc(OC)c(OCC(O)CC2CCCC2)c1. The van der Waals surface area contributed by atoms with Crippen molar-refractivity contribution in [3.8, 4) is 11.5 Å². The van der Waals surface area contributed by atoms with Crippen molar-refractivity contribution in [1.29, 1.82) is 0 Å². The molecule has 0 bridgehead atoms. The molecule has 1 atom stereocenters. The number of methoxy groups -OCH3 is 1. The lowest BCUT2D eigenvalue weighted by Gasteiger charge is -2.17. The van der Waals surface area contributed by atoms with Gasteiger partial charge in [0.1, 0.15) is 6.61 Å². The standard InChI is InChI=1S/C17H27NO3/c1-18-11-14-7-8-16(20-2)17(10-14)21-12-15(19)9-13-5-3-4-6-13/h7-8,10,13,15,18-19H,3-6,9,11-12H2,1-2H3. The van der Waals surface area contributed by atoms with Gasteiger partial charge in [-0.05, 0) is 37.1 Å². The summed E-state index contributed by atoms with van der Waals surface area (Å²) in [6, 6.07) is 5.89. The molecule has 0 aliphatic heterocycles. The van der Waals surface area contributed by atoms with E-state index in [2.05, 4.69) is 5.32 Å². The minimum Gasteiger partial charge on any atom is -0.493 e. The van der Waals surface area contributed by atoms with Gasteiger partial charge in [-0.15, -0.1) is 0 Å². The monoisotopic (exact) mass is 293 g/mol. The van der Waals surface area contributed by atoms with E-state index in [1.165, 1.54) is 25.7 Å². The first-order chi connectivity index (χ1) is 10.2. The zero-order valence-electron chi connectivity index (χ0n) is 13.1. The number of aliphatic hydroxyl groups is 1. The van der Waals surface area contributed by atoms with Crippen LogP contribution in [0, 0.1) is 5.92 Å². The van der Waals surface area contributed by atoms with Crippen molar-refractivity contribution in [1.82, 2.24) is 5.32 Å². The molecular formula is C17H27NO3. The fourth-order valence-electron chi connectivity index (χ4n) is 3.03. The molecule has 1 unspecified atom stereocenters. The molecule has 4 nitrogen and oxygen atoms in total. The summed E-state index contributed by atoms with van der Waals surface area (Å²) in [5.41, 5.74) is 1.14. The lowest BCUT2D eigenvalue weighted by molar-refractivity contribution is 0.0841. The largest absolute Gasteiger partial charge is 0.493 e. The first-order valence-electron chi connectivity index (χ1n) is 7.85. The zero-order chi connectivity index (χ0) is 15.1. The Kier molecular flexibility index (Phi) is 6.33. The summed E-state index contributed by atoms with van der Waals surface area (Å²) in [4.78, 5) is 0. The number of rotatable bonds is 8. The summed E-state index contributed by atoms with van der Waals surface area (Å²) >= 11 is 0. The minimum absolute atomic E-state index is 0.329. The van der Waals surface area contributed by atoms with E-state index in [0.29, 0.717) is 24.0 Å². The Morgan fingerprint density at radius 1 is 1.29 bits per heavy atom. The maximum Gasteiger partial charge on any atom is 0.161 e. The number of hydrogen-bond acceptors (Lipinski definition) is 4. The quantitative estimate of drug-likeness (QED) is 0.774. The molecule has 4 heteroatoms. The maximum absolute atomic E-state index is 10.1. The lowest BCUT2D eigenvalue weighted by atomic mass is 10.0. The molecule has 2 rings (SSSR count). The predicted molar refractivity (Wildman–Crippen MR) is 83.8 cm³/mol. The zero-order valence-corrected chi connectivity index (χ0v) is 13.1. The molecule has 21 heavy (non-hydrogen) atoms. The molecular weight excluding hydrogens is 266 g/mol. The topological polar surface area (TPSA) is 50.7 Å². The molecule has 1 aromatic rings. The molecule has 1 aromatic carbocycles. The minimum atomic E-state index is -0.397. The van der Waals surface area contributed by atoms with Crippen LogP contribution in [-0.4, -0.2) is 32.0 Å². The Morgan fingerprint density at radius 3 is 2.71 bits per heavy atom. The summed E-state index contributed by atoms with van der Waals surface area (Å²) in [6.45, 7) is 1.11. The van der Waals surface area contributed by atoms with Crippen molar-refractivity contribution in [3.05, 3.63) is 23.8 Å². The first kappa shape index (κ1) is 16.1. The first-order valence-corrected chi connectivity index (χ1v) is 7.85. The Bertz CT molecular complexity index is 430. The highest BCUT2D eigenvalue weighted by Gasteiger charge is 2.19. The third-order valence-corrected chi connectivity index (χ3v) is 4.12. The molecule has 0 saturated heterocycles. The van der Waals surface area contributed by atoms with Crippen LogP contribution in [0.15, 0.2) is 18.2 Å². The highest BCUT2D eigenvalue weighted by atomic mass is 16.5. The molecule has 1 aliphatic rings. The van der Waals surface area contributed by atoms with Crippen LogP contribution < -0.4 is 14.8 Å². The van der Waals surface area contributed by atoms with Crippen molar-refractivity contribution in [3.63, 3.8) is 0 Å². The van der Waals surface area contributed by atoms with E-state index < -0.39 is 6.10 Å². The van der Waals surface area contributed by atoms with Crippen LogP contribution in [0.25, 0.3) is 0 Å². The van der Waals surface area contributed by atoms with E-state index >= 15 is 0 Å². The Morgan fingerprint density at radius 2 is 2.05 bits per heavy atom. The molecule has 0 amide bonds. The molecule has 1 aliphatic carbocycles. The fraction of sp³-hybridized carbons (Fsp3) is 0.647. The normalized spacial score (nSPS) is 16.9. The van der Waals surface area contributed by atoms with Crippen LogP contribution in [0.4, 0.5) is 0 Å². The second-order valence-corrected chi connectivity index (χ2v) is 5.87. The summed E-state index contributed by atoms with van der Waals surface area (Å²) in [7, 11) is 3.55. The number of benzene rings is 1. The van der Waals surface area contributed by atoms with Crippen LogP contribution in [-0.2, 0) is 6.54 Å². The molecule has 1 saturated carbocycles. The summed E-state index contributed by atoms with van der Waals surface area (Å²) in [5.74, 6) is 2.08. The summed E-state index contributed by atoms with van der Waals surface area (Å²) in [6.07, 6.45) is 5.55. The van der Waals surface area contributed by atoms with Crippen molar-refractivity contribution in [2.24, 2.45) is 5.92 Å². The van der Waals surface area contributed by atoms with Gasteiger partial charge in [-0.1, -0.05) is 31.7 Å². The van der Waals surface area contributed by atoms with E-state index in [9.17, 15) is 5.11 Å². The molecule has 0 aromatic heterocycles. The van der Waals surface area contributed by atoms with Crippen molar-refractivity contribution in [2.45, 2.75) is 44.8 Å². The average molecular weight is 293 g/mol. The van der Waals surface area contributed by atoms with Gasteiger partial charge in [0.2, 0.25) is 0 Å². The van der Waals surface area contributed by atoms with Gasteiger partial charge in [0.25, 0.3) is 0 Å². The van der Waals surface area contributed by atoms with Crippen LogP contribution in [0.3, 0.4) is 0 Å². The average Bonchev–Trinajstić information content (AvgIpc) is 2.98. The number of hydrogen-bond donors (Lipinski definition) is 2. The van der Waals surface area contributed by atoms with E-state index in [4.69, 9.17) is 9.47 Å². The molecule has 118 valence electrons. The van der Waals surface area contributed by atoms with Gasteiger partial charge in [-0.25, -0.2) is 0 Å². The van der Waals surface area contributed by atoms with E-state index in [1.807, 2.05) is 25.2 Å². The Balaban J connectivity index is 1.89. The molecule has 0 spiro atoms. The number of ether oxygens (including phenoxy) is 2. The molecule has 0 radical (unpaired) electrons. The van der Waals surface area contributed by atoms with Crippen molar-refractivity contribution >= 4 is 0 Å². The molecule has 1 fully saturated rings. The predicted octanol–water partition coefficient (Wildman–Crippen LogP) is 2.73. The van der Waals surface area contributed by atoms with Crippen molar-refractivity contribution in [2.75, 3.05) is 20.8 Å². The molecule has 0 heterocycles. The lowest BCUT2D eigenvalue weighted by Crippen LogP contribution is -2.20. The third kappa shape index (κ3) is 4.90. The van der Waals surface area contributed by atoms with Crippen LogP contribution in [0.2, 0.25) is 0 Å². The number of aliphatic hydroxyl groups excluding tert-OH is 1. The van der Waals surface area contributed by atoms with Gasteiger partial charge in [-0.2, -0.15) is 0 Å². The van der Waals surface area contributed by atoms with E-state index in [0.717, 1.165) is 18.5 Å². The van der Waals surface area contributed by atoms with Gasteiger partial charge in [-0.3, -0.25) is 0 Å². The third-order valence-electron chi connectivity index (χ3n) is 4.12. The van der Waals surface area contributed by atoms with E-state index in [1.54, 1.807) is 7.11 Å². The fourth-order valence-corrected chi connectivity index (χ4v) is 3.03. The van der Waals surface area contributed by atoms with Crippen molar-refractivity contribution < 1.29 is 14.6 Å². The van der Waals surface area contributed by atoms with E-state index in [-0.39, 0.29) is 0 Å². The smallest absolute Gasteiger partial charge is 0.161 e. The summed E-state index contributed by atoms with van der Waals surface area (Å²) in [5, 5.41) is 13.2. The highest BCUT2D eigenvalue weighted by Crippen LogP contribution is 2.30. The van der Waals surface area contributed by atoms with Gasteiger partial charge >= 0.3 is 0 Å². The Hall–Kier alpha value is -1.26. The maximum atomic E-state index is 10.1. The second kappa shape index (κ2) is 8.25. The van der Waals surface area contributed by atoms with Crippen LogP contribution in [0.1, 0.15) is 37.7 Å². The summed E-state index contributed by atoms with van der Waals surface area (Å²) < 4.78 is 11.1. The number of nitrogens with one attached hydrogen (secondary N) is 1. The van der Waals surface area contributed by atoms with Gasteiger partial charge in [0.05, 0.1) is 13.2 Å². The molecule has 2 N–H and O–H groups in total. The highest BCUT2D eigenvalue weighted by molar-refractivity contribution is 5.42. The van der Waals surface area contributed by atoms with Crippen LogP contribution in [0.5, 0.6) is 11.5 Å². The van der Waals surface area contributed by atoms with Gasteiger partial charge in [0, 0.05) is 6.54 Å². The second-order valence-electron chi connectivity index (χ2n) is 5.87. The Labute approximate surface area is 127 Å². The van der Waals surface area contributed by atoms with Gasteiger partial charge < -0.3 is 19.9 Å². The van der Waals surface area contributed by atoms with Gasteiger partial charge in [0.15, 0.2) is 11.5 Å².